The summed E-state index contributed by atoms with van der Waals surface area (Å²) in [6, 6.07) is 0. The van der Waals surface area contributed by atoms with Gasteiger partial charge in [0.1, 0.15) is 5.54 Å². The lowest BCUT2D eigenvalue weighted by molar-refractivity contribution is -0.130. The van der Waals surface area contributed by atoms with Gasteiger partial charge in [-0.05, 0) is 19.4 Å². The lowest BCUT2D eigenvalue weighted by atomic mass is 10.0. The van der Waals surface area contributed by atoms with Gasteiger partial charge < -0.3 is 42.5 Å². The first-order chi connectivity index (χ1) is 14.7. The van der Waals surface area contributed by atoms with Gasteiger partial charge >= 0.3 is 0 Å². The summed E-state index contributed by atoms with van der Waals surface area (Å²) in [6.45, 7) is 0.580. The number of unbranched alkanes of at least 4 members (excludes halogenated alkanes) is 2. The molecule has 31 heavy (non-hydrogen) atoms. The summed E-state index contributed by atoms with van der Waals surface area (Å²) in [5.74, 6) is -1.81. The highest BCUT2D eigenvalue weighted by atomic mass is 16.5. The molecule has 4 amide bonds. The van der Waals surface area contributed by atoms with Crippen LogP contribution in [0.25, 0.3) is 0 Å². The van der Waals surface area contributed by atoms with Crippen molar-refractivity contribution < 1.29 is 33.4 Å². The van der Waals surface area contributed by atoms with Crippen LogP contribution in [0.2, 0.25) is 0 Å². The van der Waals surface area contributed by atoms with E-state index in [1.165, 1.54) is 0 Å². The molecule has 0 aliphatic rings. The molecule has 0 fully saturated rings. The standard InChI is InChI=1S/C19H37N5O7/c20-8-3-1-2-4-18(28)24-19(12-29-9-5-15(21)25,13-30-10-6-16(22)26)14-31-11-7-17(23)27/h1-14,20H2,(H2,21,25)(H2,22,26)(H2,23,27)(H,24,28). The summed E-state index contributed by atoms with van der Waals surface area (Å²) in [5, 5.41) is 2.88. The largest absolute Gasteiger partial charge is 0.378 e. The molecule has 0 aromatic rings. The van der Waals surface area contributed by atoms with E-state index in [1.54, 1.807) is 0 Å². The molecule has 0 atom stereocenters. The maximum Gasteiger partial charge on any atom is 0.220 e. The second-order valence-corrected chi connectivity index (χ2v) is 7.23. The first-order valence-electron chi connectivity index (χ1n) is 10.3. The Bertz CT molecular complexity index is 505. The molecule has 180 valence electrons. The van der Waals surface area contributed by atoms with Crippen LogP contribution in [-0.2, 0) is 33.4 Å². The second-order valence-electron chi connectivity index (χ2n) is 7.23. The number of hydrogen-bond donors (Lipinski definition) is 5. The number of hydrogen-bond acceptors (Lipinski definition) is 8. The Balaban J connectivity index is 5.11. The number of amides is 4. The van der Waals surface area contributed by atoms with E-state index >= 15 is 0 Å². The Hall–Kier alpha value is -2.28. The predicted molar refractivity (Wildman–Crippen MR) is 112 cm³/mol. The van der Waals surface area contributed by atoms with E-state index in [-0.39, 0.29) is 71.2 Å². The fraction of sp³-hybridized carbons (Fsp3) is 0.789. The van der Waals surface area contributed by atoms with E-state index in [1.807, 2.05) is 0 Å². The van der Waals surface area contributed by atoms with E-state index in [0.717, 1.165) is 12.8 Å². The zero-order chi connectivity index (χ0) is 23.5. The van der Waals surface area contributed by atoms with Crippen LogP contribution in [0.3, 0.4) is 0 Å². The smallest absolute Gasteiger partial charge is 0.220 e. The third kappa shape index (κ3) is 17.1. The van der Waals surface area contributed by atoms with E-state index < -0.39 is 23.3 Å². The zero-order valence-corrected chi connectivity index (χ0v) is 18.1. The van der Waals surface area contributed by atoms with Crippen LogP contribution < -0.4 is 28.3 Å². The van der Waals surface area contributed by atoms with Gasteiger partial charge in [-0.3, -0.25) is 19.2 Å². The SMILES string of the molecule is NCCCCCC(=O)NC(COCCC(N)=O)(COCCC(N)=O)COCCC(N)=O. The van der Waals surface area contributed by atoms with Gasteiger partial charge in [0.15, 0.2) is 0 Å². The zero-order valence-electron chi connectivity index (χ0n) is 18.1. The van der Waals surface area contributed by atoms with Crippen LogP contribution in [-0.4, -0.2) is 75.4 Å². The summed E-state index contributed by atoms with van der Waals surface area (Å²) >= 11 is 0. The molecule has 0 aromatic heterocycles. The van der Waals surface area contributed by atoms with Gasteiger partial charge in [-0.25, -0.2) is 0 Å². The van der Waals surface area contributed by atoms with Crippen molar-refractivity contribution in [2.75, 3.05) is 46.2 Å². The molecule has 0 aromatic carbocycles. The first kappa shape index (κ1) is 28.7. The minimum absolute atomic E-state index is 0.00812. The monoisotopic (exact) mass is 447 g/mol. The molecule has 0 saturated heterocycles. The van der Waals surface area contributed by atoms with Crippen LogP contribution in [0.15, 0.2) is 0 Å². The average Bonchev–Trinajstić information content (AvgIpc) is 2.69. The second kappa shape index (κ2) is 17.4. The third-order valence-electron chi connectivity index (χ3n) is 4.13. The molecule has 0 unspecified atom stereocenters. The van der Waals surface area contributed by atoms with Gasteiger partial charge in [0.2, 0.25) is 23.6 Å². The number of carbonyl (C=O) groups is 4. The molecular formula is C19H37N5O7. The molecule has 12 heteroatoms. The van der Waals surface area contributed by atoms with Crippen molar-refractivity contribution in [3.8, 4) is 0 Å². The quantitative estimate of drug-likeness (QED) is 0.124. The summed E-state index contributed by atoms with van der Waals surface area (Å²) in [4.78, 5) is 45.4. The van der Waals surface area contributed by atoms with Gasteiger partial charge in [0, 0.05) is 25.7 Å². The molecule has 0 aliphatic carbocycles. The Labute approximate surface area is 182 Å². The fourth-order valence-corrected chi connectivity index (χ4v) is 2.52. The van der Waals surface area contributed by atoms with Crippen molar-refractivity contribution in [1.29, 1.82) is 0 Å². The topological polar surface area (TPSA) is 212 Å². The Kier molecular flexibility index (Phi) is 16.1. The minimum atomic E-state index is -1.11. The number of carbonyl (C=O) groups excluding carboxylic acids is 4. The Morgan fingerprint density at radius 2 is 1.06 bits per heavy atom. The normalized spacial score (nSPS) is 11.3. The van der Waals surface area contributed by atoms with E-state index in [9.17, 15) is 19.2 Å². The summed E-state index contributed by atoms with van der Waals surface area (Å²) in [6.07, 6.45) is 2.59. The highest BCUT2D eigenvalue weighted by Gasteiger charge is 2.33. The number of ether oxygens (including phenoxy) is 3. The van der Waals surface area contributed by atoms with Crippen LogP contribution >= 0.6 is 0 Å². The Morgan fingerprint density at radius 3 is 1.42 bits per heavy atom. The average molecular weight is 448 g/mol. The molecule has 9 N–H and O–H groups in total. The molecule has 0 aliphatic heterocycles. The van der Waals surface area contributed by atoms with E-state index in [0.29, 0.717) is 13.0 Å². The molecule has 0 saturated carbocycles. The van der Waals surface area contributed by atoms with Crippen molar-refractivity contribution in [3.63, 3.8) is 0 Å². The van der Waals surface area contributed by atoms with Gasteiger partial charge in [0.05, 0.1) is 39.6 Å². The molecule has 12 nitrogen and oxygen atoms in total. The van der Waals surface area contributed by atoms with Gasteiger partial charge in [0.25, 0.3) is 0 Å². The lowest BCUT2D eigenvalue weighted by Crippen LogP contribution is -2.58. The summed E-state index contributed by atoms with van der Waals surface area (Å²) in [7, 11) is 0. The number of nitrogens with two attached hydrogens (primary N) is 4. The molecular weight excluding hydrogens is 410 g/mol. The number of nitrogens with one attached hydrogen (secondary N) is 1. The van der Waals surface area contributed by atoms with Crippen molar-refractivity contribution in [1.82, 2.24) is 5.32 Å². The van der Waals surface area contributed by atoms with Crippen molar-refractivity contribution in [2.24, 2.45) is 22.9 Å². The van der Waals surface area contributed by atoms with Crippen LogP contribution in [0.5, 0.6) is 0 Å². The minimum Gasteiger partial charge on any atom is -0.378 e. The van der Waals surface area contributed by atoms with Crippen molar-refractivity contribution in [2.45, 2.75) is 50.5 Å². The lowest BCUT2D eigenvalue weighted by Gasteiger charge is -2.34. The summed E-state index contributed by atoms with van der Waals surface area (Å²) in [5.41, 5.74) is 19.7. The van der Waals surface area contributed by atoms with Crippen LogP contribution in [0, 0.1) is 0 Å². The summed E-state index contributed by atoms with van der Waals surface area (Å²) < 4.78 is 16.6. The van der Waals surface area contributed by atoms with Crippen molar-refractivity contribution >= 4 is 23.6 Å². The molecule has 0 radical (unpaired) electrons. The van der Waals surface area contributed by atoms with Crippen LogP contribution in [0.4, 0.5) is 0 Å². The maximum absolute atomic E-state index is 12.5. The fourth-order valence-electron chi connectivity index (χ4n) is 2.52. The third-order valence-corrected chi connectivity index (χ3v) is 4.13. The van der Waals surface area contributed by atoms with E-state index in [4.69, 9.17) is 37.1 Å². The van der Waals surface area contributed by atoms with Gasteiger partial charge in [-0.1, -0.05) is 6.42 Å². The van der Waals surface area contributed by atoms with Gasteiger partial charge in [-0.2, -0.15) is 0 Å². The van der Waals surface area contributed by atoms with Crippen molar-refractivity contribution in [3.05, 3.63) is 0 Å². The molecule has 0 heterocycles. The molecule has 0 rings (SSSR count). The number of primary amides is 3. The van der Waals surface area contributed by atoms with Gasteiger partial charge in [-0.15, -0.1) is 0 Å². The highest BCUT2D eigenvalue weighted by Crippen LogP contribution is 2.12. The predicted octanol–water partition coefficient (Wildman–Crippen LogP) is -1.96. The molecule has 0 bridgehead atoms. The Morgan fingerprint density at radius 1 is 0.645 bits per heavy atom. The maximum atomic E-state index is 12.5. The first-order valence-corrected chi connectivity index (χ1v) is 10.3. The van der Waals surface area contributed by atoms with Crippen LogP contribution in [0.1, 0.15) is 44.9 Å². The van der Waals surface area contributed by atoms with E-state index in [2.05, 4.69) is 5.32 Å². The molecule has 0 spiro atoms. The highest BCUT2D eigenvalue weighted by molar-refractivity contribution is 5.77. The number of rotatable bonds is 21.